The number of halogens is 1. The summed E-state index contributed by atoms with van der Waals surface area (Å²) in [5.41, 5.74) is 8.98. The highest BCUT2D eigenvalue weighted by molar-refractivity contribution is 9.10. The smallest absolute Gasteiger partial charge is 0.0489 e. The number of nitrogen functional groups attached to an aromatic ring is 1. The Morgan fingerprint density at radius 1 is 1.37 bits per heavy atom. The number of likely N-dealkylation sites (tertiary alicyclic amines) is 1. The molecule has 2 rings (SSSR count). The average Bonchev–Trinajstić information content (AvgIpc) is 2.38. The maximum Gasteiger partial charge on any atom is 0.0489 e. The molecule has 1 saturated heterocycles. The highest BCUT2D eigenvalue weighted by atomic mass is 79.9. The highest BCUT2D eigenvalue weighted by Crippen LogP contribution is 2.27. The third-order valence-corrected chi connectivity index (χ3v) is 4.63. The summed E-state index contributed by atoms with van der Waals surface area (Å²) in [5, 5.41) is 3.50. The topological polar surface area (TPSA) is 41.3 Å². The van der Waals surface area contributed by atoms with Crippen LogP contribution >= 0.6 is 15.9 Å². The van der Waals surface area contributed by atoms with Crippen LogP contribution in [0.4, 0.5) is 11.4 Å². The van der Waals surface area contributed by atoms with E-state index in [0.717, 1.165) is 40.4 Å². The quantitative estimate of drug-likeness (QED) is 0.833. The molecule has 106 valence electrons. The van der Waals surface area contributed by atoms with Crippen LogP contribution in [0.5, 0.6) is 0 Å². The molecule has 1 heterocycles. The van der Waals surface area contributed by atoms with Crippen LogP contribution in [0, 0.1) is 12.8 Å². The van der Waals surface area contributed by atoms with Gasteiger partial charge in [0, 0.05) is 28.9 Å². The second kappa shape index (κ2) is 6.62. The summed E-state index contributed by atoms with van der Waals surface area (Å²) in [4.78, 5) is 2.55. The zero-order valence-corrected chi connectivity index (χ0v) is 13.5. The van der Waals surface area contributed by atoms with Gasteiger partial charge >= 0.3 is 0 Å². The summed E-state index contributed by atoms with van der Waals surface area (Å²) >= 11 is 3.56. The largest absolute Gasteiger partial charge is 0.398 e. The molecule has 0 unspecified atom stereocenters. The van der Waals surface area contributed by atoms with Crippen molar-refractivity contribution in [1.82, 2.24) is 4.90 Å². The predicted molar refractivity (Wildman–Crippen MR) is 86.6 cm³/mol. The van der Waals surface area contributed by atoms with Crippen LogP contribution in [0.2, 0.25) is 0 Å². The van der Waals surface area contributed by atoms with Crippen LogP contribution in [0.25, 0.3) is 0 Å². The van der Waals surface area contributed by atoms with E-state index in [1.165, 1.54) is 25.9 Å². The molecule has 3 nitrogen and oxygen atoms in total. The predicted octanol–water partition coefficient (Wildman–Crippen LogP) is 3.48. The van der Waals surface area contributed by atoms with E-state index in [4.69, 9.17) is 5.73 Å². The molecule has 3 N–H and O–H groups in total. The van der Waals surface area contributed by atoms with Crippen molar-refractivity contribution in [3.05, 3.63) is 22.2 Å². The first-order valence-corrected chi connectivity index (χ1v) is 7.87. The Balaban J connectivity index is 1.81. The van der Waals surface area contributed by atoms with E-state index in [1.54, 1.807) is 0 Å². The summed E-state index contributed by atoms with van der Waals surface area (Å²) in [7, 11) is 0. The first kappa shape index (κ1) is 14.7. The number of nitrogens with two attached hydrogens (primary N) is 1. The number of hydrogen-bond donors (Lipinski definition) is 2. The molecule has 1 aromatic carbocycles. The highest BCUT2D eigenvalue weighted by Gasteiger charge is 2.14. The summed E-state index contributed by atoms with van der Waals surface area (Å²) in [6.07, 6.45) is 2.68. The molecule has 0 aromatic heterocycles. The minimum absolute atomic E-state index is 0.836. The number of aryl methyl sites for hydroxylation is 1. The van der Waals surface area contributed by atoms with Crippen molar-refractivity contribution in [2.75, 3.05) is 37.2 Å². The van der Waals surface area contributed by atoms with E-state index in [-0.39, 0.29) is 0 Å². The van der Waals surface area contributed by atoms with Crippen molar-refractivity contribution in [2.45, 2.75) is 26.7 Å². The lowest BCUT2D eigenvalue weighted by atomic mass is 9.99. The fraction of sp³-hybridized carbons (Fsp3) is 0.600. The lowest BCUT2D eigenvalue weighted by Gasteiger charge is -2.30. The lowest BCUT2D eigenvalue weighted by Crippen LogP contribution is -2.36. The molecular weight excluding hydrogens is 302 g/mol. The Labute approximate surface area is 124 Å². The van der Waals surface area contributed by atoms with Crippen LogP contribution in [0.3, 0.4) is 0 Å². The normalized spacial score (nSPS) is 17.6. The lowest BCUT2D eigenvalue weighted by molar-refractivity contribution is 0.199. The van der Waals surface area contributed by atoms with Gasteiger partial charge in [0.1, 0.15) is 0 Å². The van der Waals surface area contributed by atoms with Gasteiger partial charge in [-0.1, -0.05) is 6.92 Å². The van der Waals surface area contributed by atoms with Gasteiger partial charge in [-0.25, -0.2) is 0 Å². The SMILES string of the molecule is Cc1cc(NCCN2CCC(C)CC2)c(Br)cc1N. The molecule has 0 spiro atoms. The number of anilines is 2. The van der Waals surface area contributed by atoms with E-state index in [9.17, 15) is 0 Å². The zero-order chi connectivity index (χ0) is 13.8. The van der Waals surface area contributed by atoms with Gasteiger partial charge in [-0.05, 0) is 72.4 Å². The van der Waals surface area contributed by atoms with E-state index in [0.29, 0.717) is 0 Å². The zero-order valence-electron chi connectivity index (χ0n) is 11.9. The molecule has 19 heavy (non-hydrogen) atoms. The summed E-state index contributed by atoms with van der Waals surface area (Å²) in [6, 6.07) is 4.08. The van der Waals surface area contributed by atoms with Crippen LogP contribution in [0.15, 0.2) is 16.6 Å². The maximum absolute atomic E-state index is 5.88. The second-order valence-corrected chi connectivity index (χ2v) is 6.49. The maximum atomic E-state index is 5.88. The van der Waals surface area contributed by atoms with Gasteiger partial charge in [-0.3, -0.25) is 0 Å². The number of hydrogen-bond acceptors (Lipinski definition) is 3. The standard InChI is InChI=1S/C15H24BrN3/c1-11-3-6-19(7-4-11)8-5-18-15-9-12(2)14(17)10-13(15)16/h9-11,18H,3-8,17H2,1-2H3. The Hall–Kier alpha value is -0.740. The van der Waals surface area contributed by atoms with Crippen molar-refractivity contribution >= 4 is 27.3 Å². The van der Waals surface area contributed by atoms with E-state index >= 15 is 0 Å². The van der Waals surface area contributed by atoms with Gasteiger partial charge < -0.3 is 16.0 Å². The molecule has 1 aromatic rings. The van der Waals surface area contributed by atoms with E-state index in [2.05, 4.69) is 39.1 Å². The summed E-state index contributed by atoms with van der Waals surface area (Å²) in [5.74, 6) is 0.901. The van der Waals surface area contributed by atoms with Crippen molar-refractivity contribution in [1.29, 1.82) is 0 Å². The fourth-order valence-electron chi connectivity index (χ4n) is 2.47. The van der Waals surface area contributed by atoms with Crippen LogP contribution in [0.1, 0.15) is 25.3 Å². The summed E-state index contributed by atoms with van der Waals surface area (Å²) < 4.78 is 1.04. The monoisotopic (exact) mass is 325 g/mol. The summed E-state index contributed by atoms with van der Waals surface area (Å²) in [6.45, 7) is 8.97. The van der Waals surface area contributed by atoms with Crippen LogP contribution < -0.4 is 11.1 Å². The second-order valence-electron chi connectivity index (χ2n) is 5.64. The Morgan fingerprint density at radius 2 is 2.05 bits per heavy atom. The molecule has 0 radical (unpaired) electrons. The van der Waals surface area contributed by atoms with Gasteiger partial charge in [-0.2, -0.15) is 0 Å². The molecule has 0 amide bonds. The van der Waals surface area contributed by atoms with E-state index < -0.39 is 0 Å². The van der Waals surface area contributed by atoms with Gasteiger partial charge in [0.15, 0.2) is 0 Å². The van der Waals surface area contributed by atoms with Gasteiger partial charge in [0.05, 0.1) is 0 Å². The molecule has 0 saturated carbocycles. The number of nitrogens with zero attached hydrogens (tertiary/aromatic N) is 1. The third-order valence-electron chi connectivity index (χ3n) is 3.98. The van der Waals surface area contributed by atoms with Gasteiger partial charge in [-0.15, -0.1) is 0 Å². The van der Waals surface area contributed by atoms with Crippen molar-refractivity contribution in [3.8, 4) is 0 Å². The number of piperidine rings is 1. The van der Waals surface area contributed by atoms with E-state index in [1.807, 2.05) is 13.0 Å². The first-order valence-electron chi connectivity index (χ1n) is 7.08. The number of rotatable bonds is 4. The molecule has 4 heteroatoms. The molecule has 1 fully saturated rings. The molecule has 1 aliphatic rings. The van der Waals surface area contributed by atoms with Crippen molar-refractivity contribution < 1.29 is 0 Å². The molecular formula is C15H24BrN3. The molecule has 0 atom stereocenters. The van der Waals surface area contributed by atoms with Crippen molar-refractivity contribution in [2.24, 2.45) is 5.92 Å². The third kappa shape index (κ3) is 4.11. The number of nitrogens with one attached hydrogen (secondary N) is 1. The van der Waals surface area contributed by atoms with Crippen LogP contribution in [-0.2, 0) is 0 Å². The Kier molecular flexibility index (Phi) is 5.11. The first-order chi connectivity index (χ1) is 9.06. The number of benzene rings is 1. The van der Waals surface area contributed by atoms with Crippen molar-refractivity contribution in [3.63, 3.8) is 0 Å². The van der Waals surface area contributed by atoms with Gasteiger partial charge in [0.25, 0.3) is 0 Å². The molecule has 0 aliphatic carbocycles. The molecule has 1 aliphatic heterocycles. The molecule has 0 bridgehead atoms. The van der Waals surface area contributed by atoms with Crippen LogP contribution in [-0.4, -0.2) is 31.1 Å². The Bertz CT molecular complexity index is 426. The fourth-order valence-corrected chi connectivity index (χ4v) is 2.97. The minimum atomic E-state index is 0.836. The average molecular weight is 326 g/mol. The minimum Gasteiger partial charge on any atom is -0.398 e. The van der Waals surface area contributed by atoms with Gasteiger partial charge in [0.2, 0.25) is 0 Å². The Morgan fingerprint density at radius 3 is 2.74 bits per heavy atom.